The van der Waals surface area contributed by atoms with Gasteiger partial charge in [0.1, 0.15) is 35.2 Å². The number of benzene rings is 3. The van der Waals surface area contributed by atoms with Crippen molar-refractivity contribution in [3.05, 3.63) is 71.8 Å². The van der Waals surface area contributed by atoms with Crippen molar-refractivity contribution >= 4 is 23.2 Å². The number of hydrogen-bond acceptors (Lipinski definition) is 6. The van der Waals surface area contributed by atoms with Gasteiger partial charge < -0.3 is 29.2 Å². The number of anilines is 2. The van der Waals surface area contributed by atoms with E-state index in [1.54, 1.807) is 48.2 Å². The summed E-state index contributed by atoms with van der Waals surface area (Å²) in [5, 5.41) is 2.86. The van der Waals surface area contributed by atoms with Gasteiger partial charge in [-0.15, -0.1) is 0 Å². The Morgan fingerprint density at radius 3 is 2.43 bits per heavy atom. The zero-order valence-corrected chi connectivity index (χ0v) is 20.2. The van der Waals surface area contributed by atoms with Crippen LogP contribution < -0.4 is 29.2 Å². The summed E-state index contributed by atoms with van der Waals surface area (Å²) in [7, 11) is 2.99. The molecular formula is C27H28N2O6. The van der Waals surface area contributed by atoms with Crippen LogP contribution in [0.25, 0.3) is 0 Å². The molecule has 4 rings (SSSR count). The Balaban J connectivity index is 1.52. The summed E-state index contributed by atoms with van der Waals surface area (Å²) < 4.78 is 22.3. The second-order valence-corrected chi connectivity index (χ2v) is 8.09. The van der Waals surface area contributed by atoms with Crippen molar-refractivity contribution in [1.82, 2.24) is 0 Å². The third-order valence-corrected chi connectivity index (χ3v) is 5.65. The zero-order chi connectivity index (χ0) is 24.9. The molecular weight excluding hydrogens is 448 g/mol. The van der Waals surface area contributed by atoms with Crippen LogP contribution in [0.4, 0.5) is 11.4 Å². The Hall–Kier alpha value is -4.20. The molecule has 35 heavy (non-hydrogen) atoms. The molecule has 0 fully saturated rings. The van der Waals surface area contributed by atoms with Gasteiger partial charge in [0.05, 0.1) is 26.5 Å². The first-order valence-corrected chi connectivity index (χ1v) is 11.2. The Bertz CT molecular complexity index is 1220. The molecule has 1 atom stereocenters. The van der Waals surface area contributed by atoms with E-state index in [0.717, 1.165) is 11.3 Å². The van der Waals surface area contributed by atoms with E-state index in [4.69, 9.17) is 18.9 Å². The molecule has 0 saturated carbocycles. The smallest absolute Gasteiger partial charge is 0.267 e. The zero-order valence-electron chi connectivity index (χ0n) is 20.2. The summed E-state index contributed by atoms with van der Waals surface area (Å²) in [6.07, 6.45) is -0.665. The van der Waals surface area contributed by atoms with E-state index < -0.39 is 6.10 Å². The quantitative estimate of drug-likeness (QED) is 0.517. The topological polar surface area (TPSA) is 86.3 Å². The average Bonchev–Trinajstić information content (AvgIpc) is 2.85. The lowest BCUT2D eigenvalue weighted by molar-refractivity contribution is -0.125. The standard InChI is InChI=1S/C27H28N2O6/c1-17-7-5-8-20(15-17)34-14-13-29-21-12-11-19(16-24(21)35-18(2)27(29)31)28-26(30)25-22(32-3)9-6-10-23(25)33-4/h5-12,15-16,18H,13-14H2,1-4H3,(H,28,30). The summed E-state index contributed by atoms with van der Waals surface area (Å²) >= 11 is 0. The van der Waals surface area contributed by atoms with Crippen LogP contribution in [0.3, 0.4) is 0 Å². The molecule has 0 saturated heterocycles. The number of nitrogens with zero attached hydrogens (tertiary/aromatic N) is 1. The van der Waals surface area contributed by atoms with Crippen LogP contribution in [-0.4, -0.2) is 45.3 Å². The van der Waals surface area contributed by atoms with Crippen molar-refractivity contribution in [1.29, 1.82) is 0 Å². The Morgan fingerprint density at radius 1 is 1.03 bits per heavy atom. The fourth-order valence-electron chi connectivity index (χ4n) is 3.95. The van der Waals surface area contributed by atoms with Crippen LogP contribution in [0.5, 0.6) is 23.0 Å². The molecule has 1 aliphatic heterocycles. The maximum atomic E-state index is 13.0. The van der Waals surface area contributed by atoms with Gasteiger partial charge in [-0.3, -0.25) is 9.59 Å². The van der Waals surface area contributed by atoms with Gasteiger partial charge in [0, 0.05) is 11.8 Å². The second kappa shape index (κ2) is 10.4. The van der Waals surface area contributed by atoms with Crippen molar-refractivity contribution < 1.29 is 28.5 Å². The van der Waals surface area contributed by atoms with E-state index in [9.17, 15) is 9.59 Å². The third kappa shape index (κ3) is 5.16. The Morgan fingerprint density at radius 2 is 1.74 bits per heavy atom. The SMILES string of the molecule is COc1cccc(OC)c1C(=O)Nc1ccc2c(c1)OC(C)C(=O)N2CCOc1cccc(C)c1. The van der Waals surface area contributed by atoms with Crippen LogP contribution in [0, 0.1) is 6.92 Å². The summed E-state index contributed by atoms with van der Waals surface area (Å²) in [4.78, 5) is 27.5. The molecule has 3 aromatic rings. The molecule has 2 amide bonds. The highest BCUT2D eigenvalue weighted by atomic mass is 16.5. The number of rotatable bonds is 8. The van der Waals surface area contributed by atoms with Gasteiger partial charge in [-0.1, -0.05) is 18.2 Å². The largest absolute Gasteiger partial charge is 0.496 e. The first-order chi connectivity index (χ1) is 16.9. The lowest BCUT2D eigenvalue weighted by Gasteiger charge is -2.33. The van der Waals surface area contributed by atoms with Crippen LogP contribution in [0.2, 0.25) is 0 Å². The van der Waals surface area contributed by atoms with Gasteiger partial charge in [-0.25, -0.2) is 0 Å². The number of amides is 2. The molecule has 1 aliphatic rings. The summed E-state index contributed by atoms with van der Waals surface area (Å²) in [5.41, 5.74) is 2.52. The number of nitrogens with one attached hydrogen (secondary N) is 1. The lowest BCUT2D eigenvalue weighted by atomic mass is 10.1. The fraction of sp³-hybridized carbons (Fsp3) is 0.259. The molecule has 0 bridgehead atoms. The molecule has 1 heterocycles. The number of hydrogen-bond donors (Lipinski definition) is 1. The molecule has 0 spiro atoms. The van der Waals surface area contributed by atoms with Crippen LogP contribution in [-0.2, 0) is 4.79 Å². The van der Waals surface area contributed by atoms with Gasteiger partial charge in [-0.05, 0) is 55.8 Å². The second-order valence-electron chi connectivity index (χ2n) is 8.09. The third-order valence-electron chi connectivity index (χ3n) is 5.65. The predicted octanol–water partition coefficient (Wildman–Crippen LogP) is 4.46. The Labute approximate surface area is 204 Å². The van der Waals surface area contributed by atoms with Gasteiger partial charge in [-0.2, -0.15) is 0 Å². The number of carbonyl (C=O) groups is 2. The minimum atomic E-state index is -0.665. The van der Waals surface area contributed by atoms with Gasteiger partial charge in [0.15, 0.2) is 6.10 Å². The first kappa shape index (κ1) is 23.9. The predicted molar refractivity (Wildman–Crippen MR) is 133 cm³/mol. The molecule has 1 N–H and O–H groups in total. The van der Waals surface area contributed by atoms with E-state index in [-0.39, 0.29) is 17.4 Å². The van der Waals surface area contributed by atoms with E-state index >= 15 is 0 Å². The first-order valence-electron chi connectivity index (χ1n) is 11.2. The maximum absolute atomic E-state index is 13.0. The number of ether oxygens (including phenoxy) is 4. The molecule has 8 heteroatoms. The number of carbonyl (C=O) groups excluding carboxylic acids is 2. The van der Waals surface area contributed by atoms with Crippen LogP contribution in [0.15, 0.2) is 60.7 Å². The average molecular weight is 477 g/mol. The van der Waals surface area contributed by atoms with Crippen LogP contribution >= 0.6 is 0 Å². The maximum Gasteiger partial charge on any atom is 0.267 e. The van der Waals surface area contributed by atoms with Crippen molar-refractivity contribution in [3.63, 3.8) is 0 Å². The molecule has 1 unspecified atom stereocenters. The van der Waals surface area contributed by atoms with Crippen molar-refractivity contribution in [2.45, 2.75) is 20.0 Å². The van der Waals surface area contributed by atoms with E-state index in [1.165, 1.54) is 14.2 Å². The number of aryl methyl sites for hydroxylation is 1. The molecule has 8 nitrogen and oxygen atoms in total. The fourth-order valence-corrected chi connectivity index (χ4v) is 3.95. The van der Waals surface area contributed by atoms with E-state index in [1.807, 2.05) is 31.2 Å². The monoisotopic (exact) mass is 476 g/mol. The molecule has 0 aromatic heterocycles. The highest BCUT2D eigenvalue weighted by molar-refractivity contribution is 6.08. The van der Waals surface area contributed by atoms with E-state index in [0.29, 0.717) is 41.8 Å². The molecule has 0 radical (unpaired) electrons. The van der Waals surface area contributed by atoms with Crippen LogP contribution in [0.1, 0.15) is 22.8 Å². The van der Waals surface area contributed by atoms with Gasteiger partial charge >= 0.3 is 0 Å². The van der Waals surface area contributed by atoms with E-state index in [2.05, 4.69) is 5.32 Å². The highest BCUT2D eigenvalue weighted by Crippen LogP contribution is 2.37. The highest BCUT2D eigenvalue weighted by Gasteiger charge is 2.32. The summed E-state index contributed by atoms with van der Waals surface area (Å²) in [5.74, 6) is 1.51. The lowest BCUT2D eigenvalue weighted by Crippen LogP contribution is -2.46. The molecule has 182 valence electrons. The van der Waals surface area contributed by atoms with Gasteiger partial charge in [0.25, 0.3) is 11.8 Å². The normalized spacial score (nSPS) is 14.6. The number of fused-ring (bicyclic) bond motifs is 1. The van der Waals surface area contributed by atoms with Crippen molar-refractivity contribution in [2.24, 2.45) is 0 Å². The number of methoxy groups -OCH3 is 2. The summed E-state index contributed by atoms with van der Waals surface area (Å²) in [6, 6.07) is 18.1. The minimum Gasteiger partial charge on any atom is -0.496 e. The summed E-state index contributed by atoms with van der Waals surface area (Å²) in [6.45, 7) is 4.38. The van der Waals surface area contributed by atoms with Crippen molar-refractivity contribution in [2.75, 3.05) is 37.6 Å². The Kier molecular flexibility index (Phi) is 7.10. The van der Waals surface area contributed by atoms with Gasteiger partial charge in [0.2, 0.25) is 0 Å². The van der Waals surface area contributed by atoms with Crippen molar-refractivity contribution in [3.8, 4) is 23.0 Å². The molecule has 0 aliphatic carbocycles. The minimum absolute atomic E-state index is 0.152. The molecule has 3 aromatic carbocycles.